The van der Waals surface area contributed by atoms with Gasteiger partial charge in [0.2, 0.25) is 0 Å². The summed E-state index contributed by atoms with van der Waals surface area (Å²) in [6.07, 6.45) is 1.40. The van der Waals surface area contributed by atoms with Gasteiger partial charge in [-0.15, -0.1) is 0 Å². The van der Waals surface area contributed by atoms with E-state index in [-0.39, 0.29) is 11.1 Å². The highest BCUT2D eigenvalue weighted by Gasteiger charge is 2.32. The highest BCUT2D eigenvalue weighted by molar-refractivity contribution is 5.29. The number of alkyl halides is 2. The normalized spacial score (nSPS) is 13.0. The Bertz CT molecular complexity index is 288. The maximum absolute atomic E-state index is 13.2. The number of rotatable bonds is 1. The fourth-order valence-corrected chi connectivity index (χ4v) is 1.36. The lowest BCUT2D eigenvalue weighted by atomic mass is 9.84. The zero-order valence-electron chi connectivity index (χ0n) is 8.94. The fraction of sp³-hybridized carbons (Fsp3) is 0.545. The Balaban J connectivity index is 3.31. The molecule has 0 aliphatic rings. The summed E-state index contributed by atoms with van der Waals surface area (Å²) < 4.78 is 26.4. The second-order valence-electron chi connectivity index (χ2n) is 4.54. The molecule has 0 spiro atoms. The van der Waals surface area contributed by atoms with Crippen LogP contribution in [0.25, 0.3) is 0 Å². The number of nitrogens with zero attached hydrogens (tertiary/aromatic N) is 1. The van der Waals surface area contributed by atoms with E-state index in [2.05, 4.69) is 4.98 Å². The van der Waals surface area contributed by atoms with Crippen LogP contribution >= 0.6 is 0 Å². The predicted octanol–water partition coefficient (Wildman–Crippen LogP) is 3.49. The van der Waals surface area contributed by atoms with Crippen LogP contribution in [0.15, 0.2) is 18.3 Å². The van der Waals surface area contributed by atoms with E-state index in [0.717, 1.165) is 6.92 Å². The molecule has 78 valence electrons. The van der Waals surface area contributed by atoms with E-state index in [1.165, 1.54) is 6.20 Å². The molecule has 0 radical (unpaired) electrons. The molecule has 0 aliphatic carbocycles. The molecule has 1 nitrogen and oxygen atoms in total. The van der Waals surface area contributed by atoms with Crippen molar-refractivity contribution in [2.24, 2.45) is 0 Å². The van der Waals surface area contributed by atoms with Crippen LogP contribution in [0, 0.1) is 0 Å². The van der Waals surface area contributed by atoms with E-state index < -0.39 is 5.92 Å². The topological polar surface area (TPSA) is 12.9 Å². The van der Waals surface area contributed by atoms with E-state index in [1.54, 1.807) is 12.1 Å². The molecule has 0 aliphatic heterocycles. The summed E-state index contributed by atoms with van der Waals surface area (Å²) in [4.78, 5) is 3.77. The summed E-state index contributed by atoms with van der Waals surface area (Å²) >= 11 is 0. The van der Waals surface area contributed by atoms with Crippen molar-refractivity contribution in [2.45, 2.75) is 39.0 Å². The molecule has 0 amide bonds. The third kappa shape index (κ3) is 2.28. The van der Waals surface area contributed by atoms with E-state index in [4.69, 9.17) is 0 Å². The number of aromatic nitrogens is 1. The fourth-order valence-electron chi connectivity index (χ4n) is 1.36. The number of halogens is 2. The van der Waals surface area contributed by atoms with Gasteiger partial charge in [-0.2, -0.15) is 8.78 Å². The molecule has 0 N–H and O–H groups in total. The summed E-state index contributed by atoms with van der Waals surface area (Å²) in [5.74, 6) is -2.87. The first-order chi connectivity index (χ1) is 6.23. The largest absolute Gasteiger partial charge is 0.287 e. The van der Waals surface area contributed by atoms with Crippen molar-refractivity contribution in [2.75, 3.05) is 0 Å². The zero-order chi connectivity index (χ0) is 11.0. The van der Waals surface area contributed by atoms with Crippen LogP contribution in [0.5, 0.6) is 0 Å². The molecule has 1 heterocycles. The molecule has 3 heteroatoms. The number of hydrogen-bond donors (Lipinski definition) is 0. The van der Waals surface area contributed by atoms with Gasteiger partial charge in [-0.05, 0) is 17.0 Å². The Morgan fingerprint density at radius 2 is 1.71 bits per heavy atom. The van der Waals surface area contributed by atoms with Crippen molar-refractivity contribution in [1.29, 1.82) is 0 Å². The van der Waals surface area contributed by atoms with Crippen LogP contribution in [0.1, 0.15) is 39.0 Å². The molecule has 1 aromatic heterocycles. The van der Waals surface area contributed by atoms with E-state index in [9.17, 15) is 8.78 Å². The Hall–Kier alpha value is -0.990. The van der Waals surface area contributed by atoms with Gasteiger partial charge >= 0.3 is 0 Å². The lowest BCUT2D eigenvalue weighted by molar-refractivity contribution is 0.0108. The molecule has 0 saturated carbocycles. The number of pyridine rings is 1. The monoisotopic (exact) mass is 199 g/mol. The van der Waals surface area contributed by atoms with Gasteiger partial charge < -0.3 is 0 Å². The van der Waals surface area contributed by atoms with Crippen LogP contribution in [0.4, 0.5) is 8.78 Å². The average Bonchev–Trinajstić information content (AvgIpc) is 2.01. The Labute approximate surface area is 83.2 Å². The van der Waals surface area contributed by atoms with Crippen LogP contribution < -0.4 is 0 Å². The van der Waals surface area contributed by atoms with Crippen molar-refractivity contribution < 1.29 is 8.78 Å². The molecule has 0 aromatic carbocycles. The van der Waals surface area contributed by atoms with E-state index >= 15 is 0 Å². The van der Waals surface area contributed by atoms with Gasteiger partial charge in [-0.3, -0.25) is 4.98 Å². The van der Waals surface area contributed by atoms with Crippen LogP contribution in [0.2, 0.25) is 0 Å². The minimum absolute atomic E-state index is 0.118. The molecule has 0 unspecified atom stereocenters. The first-order valence-electron chi connectivity index (χ1n) is 4.57. The van der Waals surface area contributed by atoms with Gasteiger partial charge in [0.1, 0.15) is 5.69 Å². The molecule has 0 bridgehead atoms. The molecule has 1 rings (SSSR count). The molecular weight excluding hydrogens is 184 g/mol. The van der Waals surface area contributed by atoms with Crippen molar-refractivity contribution in [1.82, 2.24) is 4.98 Å². The van der Waals surface area contributed by atoms with Crippen molar-refractivity contribution in [3.05, 3.63) is 29.6 Å². The van der Waals surface area contributed by atoms with Gasteiger partial charge in [0.25, 0.3) is 5.92 Å². The van der Waals surface area contributed by atoms with Gasteiger partial charge in [0.15, 0.2) is 0 Å². The third-order valence-corrected chi connectivity index (χ3v) is 2.03. The highest BCUT2D eigenvalue weighted by atomic mass is 19.3. The lowest BCUT2D eigenvalue weighted by Crippen LogP contribution is -2.21. The molecule has 1 aromatic rings. The van der Waals surface area contributed by atoms with Gasteiger partial charge in [0, 0.05) is 13.1 Å². The van der Waals surface area contributed by atoms with Crippen LogP contribution in [-0.4, -0.2) is 4.98 Å². The highest BCUT2D eigenvalue weighted by Crippen LogP contribution is 2.34. The first kappa shape index (κ1) is 11.1. The summed E-state index contributed by atoms with van der Waals surface area (Å²) in [6, 6.07) is 3.40. The first-order valence-corrected chi connectivity index (χ1v) is 4.57. The summed E-state index contributed by atoms with van der Waals surface area (Å²) in [6.45, 7) is 6.59. The van der Waals surface area contributed by atoms with E-state index in [0.29, 0.717) is 5.56 Å². The standard InChI is InChI=1S/C11H15F2N/c1-10(2,3)8-6-5-7-14-9(8)11(4,12)13/h5-7H,1-4H3. The average molecular weight is 199 g/mol. The molecule has 0 fully saturated rings. The maximum atomic E-state index is 13.2. The summed E-state index contributed by atoms with van der Waals surface area (Å²) in [5, 5.41) is 0. The van der Waals surface area contributed by atoms with Crippen molar-refractivity contribution >= 4 is 0 Å². The minimum atomic E-state index is -2.87. The molecule has 0 atom stereocenters. The van der Waals surface area contributed by atoms with Crippen molar-refractivity contribution in [3.8, 4) is 0 Å². The second kappa shape index (κ2) is 3.30. The Kier molecular flexibility index (Phi) is 2.61. The molecular formula is C11H15F2N. The maximum Gasteiger partial charge on any atom is 0.287 e. The summed E-state index contributed by atoms with van der Waals surface area (Å²) in [5.41, 5.74) is 0.184. The van der Waals surface area contributed by atoms with Gasteiger partial charge in [-0.25, -0.2) is 0 Å². The zero-order valence-corrected chi connectivity index (χ0v) is 8.94. The van der Waals surface area contributed by atoms with E-state index in [1.807, 2.05) is 20.8 Å². The Morgan fingerprint density at radius 1 is 1.14 bits per heavy atom. The Morgan fingerprint density at radius 3 is 2.07 bits per heavy atom. The molecule has 0 saturated heterocycles. The predicted molar refractivity (Wildman–Crippen MR) is 52.5 cm³/mol. The lowest BCUT2D eigenvalue weighted by Gasteiger charge is -2.24. The van der Waals surface area contributed by atoms with Gasteiger partial charge in [0.05, 0.1) is 0 Å². The SMILES string of the molecule is CC(C)(C)c1cccnc1C(C)(F)F. The van der Waals surface area contributed by atoms with Crippen LogP contribution in [0.3, 0.4) is 0 Å². The van der Waals surface area contributed by atoms with Crippen molar-refractivity contribution in [3.63, 3.8) is 0 Å². The molecule has 14 heavy (non-hydrogen) atoms. The minimum Gasteiger partial charge on any atom is -0.255 e. The smallest absolute Gasteiger partial charge is 0.255 e. The third-order valence-electron chi connectivity index (χ3n) is 2.03. The second-order valence-corrected chi connectivity index (χ2v) is 4.54. The quantitative estimate of drug-likeness (QED) is 0.674. The van der Waals surface area contributed by atoms with Gasteiger partial charge in [-0.1, -0.05) is 26.8 Å². The number of hydrogen-bond acceptors (Lipinski definition) is 1. The van der Waals surface area contributed by atoms with Crippen LogP contribution in [-0.2, 0) is 11.3 Å². The summed E-state index contributed by atoms with van der Waals surface area (Å²) in [7, 11) is 0.